The second-order valence-corrected chi connectivity index (χ2v) is 5.94. The average Bonchev–Trinajstić information content (AvgIpc) is 3.10. The van der Waals surface area contributed by atoms with Crippen LogP contribution in [0, 0.1) is 0 Å². The van der Waals surface area contributed by atoms with Crippen LogP contribution in [0.25, 0.3) is 20.9 Å². The Morgan fingerprint density at radius 2 is 1.38 bits per heavy atom. The number of hydrogen-bond acceptors (Lipinski definition) is 3. The van der Waals surface area contributed by atoms with Crippen molar-refractivity contribution in [2.45, 2.75) is 6.61 Å². The highest BCUT2D eigenvalue weighted by Crippen LogP contribution is 2.45. The average molecular weight is 292 g/mol. The Morgan fingerprint density at radius 1 is 0.810 bits per heavy atom. The van der Waals surface area contributed by atoms with Gasteiger partial charge in [0.05, 0.1) is 5.56 Å². The van der Waals surface area contributed by atoms with Crippen molar-refractivity contribution in [1.82, 2.24) is 0 Å². The van der Waals surface area contributed by atoms with Crippen LogP contribution in [0.3, 0.4) is 0 Å². The predicted molar refractivity (Wildman–Crippen MR) is 84.3 cm³/mol. The summed E-state index contributed by atoms with van der Waals surface area (Å²) in [5.41, 5.74) is 3.97. The molecule has 0 spiro atoms. The summed E-state index contributed by atoms with van der Waals surface area (Å²) in [6.45, 7) is 0.377. The van der Waals surface area contributed by atoms with E-state index in [1.54, 1.807) is 11.3 Å². The molecule has 0 atom stereocenters. The summed E-state index contributed by atoms with van der Waals surface area (Å²) in [5.74, 6) is -0.206. The molecule has 21 heavy (non-hydrogen) atoms. The van der Waals surface area contributed by atoms with E-state index in [9.17, 15) is 4.79 Å². The summed E-state index contributed by atoms with van der Waals surface area (Å²) < 4.78 is 5.26. The van der Waals surface area contributed by atoms with Crippen LogP contribution >= 0.6 is 11.3 Å². The number of ether oxygens (including phenoxy) is 1. The molecule has 0 fully saturated rings. The lowest BCUT2D eigenvalue weighted by Crippen LogP contribution is -1.94. The summed E-state index contributed by atoms with van der Waals surface area (Å²) in [5, 5.41) is 0. The van der Waals surface area contributed by atoms with Crippen molar-refractivity contribution < 1.29 is 9.53 Å². The van der Waals surface area contributed by atoms with Gasteiger partial charge in [-0.2, -0.15) is 0 Å². The van der Waals surface area contributed by atoms with Crippen LogP contribution in [0.2, 0.25) is 0 Å². The van der Waals surface area contributed by atoms with E-state index in [2.05, 4.69) is 12.1 Å². The van der Waals surface area contributed by atoms with E-state index in [1.807, 2.05) is 48.5 Å². The number of cyclic esters (lactones) is 1. The number of thiophene rings is 1. The van der Waals surface area contributed by atoms with Crippen LogP contribution in [0.1, 0.15) is 15.9 Å². The van der Waals surface area contributed by atoms with E-state index in [4.69, 9.17) is 4.74 Å². The van der Waals surface area contributed by atoms with E-state index < -0.39 is 0 Å². The first-order valence-corrected chi connectivity index (χ1v) is 7.60. The lowest BCUT2D eigenvalue weighted by atomic mass is 10.0. The van der Waals surface area contributed by atoms with Gasteiger partial charge < -0.3 is 4.74 Å². The van der Waals surface area contributed by atoms with Crippen LogP contribution in [0.4, 0.5) is 0 Å². The lowest BCUT2D eigenvalue weighted by molar-refractivity contribution is 0.0536. The molecule has 0 saturated heterocycles. The smallest absolute Gasteiger partial charge is 0.340 e. The largest absolute Gasteiger partial charge is 0.457 e. The summed E-state index contributed by atoms with van der Waals surface area (Å²) in [6, 6.07) is 20.2. The molecule has 2 nitrogen and oxygen atoms in total. The molecule has 2 heterocycles. The normalized spacial score (nSPS) is 13.0. The zero-order chi connectivity index (χ0) is 14.2. The Kier molecular flexibility index (Phi) is 2.86. The second-order valence-electron chi connectivity index (χ2n) is 4.92. The fourth-order valence-corrected chi connectivity index (χ4v) is 3.95. The summed E-state index contributed by atoms with van der Waals surface area (Å²) in [4.78, 5) is 14.2. The minimum atomic E-state index is -0.206. The van der Waals surface area contributed by atoms with Gasteiger partial charge in [-0.05, 0) is 11.1 Å². The minimum absolute atomic E-state index is 0.206. The maximum atomic E-state index is 12.1. The SMILES string of the molecule is O=C1OCc2c(-c3ccccc3)sc(-c3ccccc3)c21. The molecule has 2 aromatic carbocycles. The Morgan fingerprint density at radius 3 is 2.00 bits per heavy atom. The highest BCUT2D eigenvalue weighted by atomic mass is 32.1. The first-order valence-electron chi connectivity index (χ1n) is 6.78. The van der Waals surface area contributed by atoms with Gasteiger partial charge in [0, 0.05) is 15.3 Å². The number of rotatable bonds is 2. The minimum Gasteiger partial charge on any atom is -0.457 e. The fourth-order valence-electron chi connectivity index (χ4n) is 2.64. The number of carbonyl (C=O) groups excluding carboxylic acids is 1. The molecule has 0 unspecified atom stereocenters. The summed E-state index contributed by atoms with van der Waals surface area (Å²) in [6.07, 6.45) is 0. The summed E-state index contributed by atoms with van der Waals surface area (Å²) in [7, 11) is 0. The van der Waals surface area contributed by atoms with Gasteiger partial charge in [0.2, 0.25) is 0 Å². The van der Waals surface area contributed by atoms with E-state index in [0.717, 1.165) is 32.0 Å². The van der Waals surface area contributed by atoms with Crippen LogP contribution in [-0.4, -0.2) is 5.97 Å². The number of fused-ring (bicyclic) bond motifs is 1. The van der Waals surface area contributed by atoms with Crippen molar-refractivity contribution in [2.75, 3.05) is 0 Å². The second kappa shape index (κ2) is 4.86. The van der Waals surface area contributed by atoms with Crippen molar-refractivity contribution in [1.29, 1.82) is 0 Å². The Hall–Kier alpha value is -2.39. The first-order chi connectivity index (χ1) is 10.3. The molecule has 0 radical (unpaired) electrons. The molecule has 3 heteroatoms. The molecule has 4 rings (SSSR count). The lowest BCUT2D eigenvalue weighted by Gasteiger charge is -2.01. The van der Waals surface area contributed by atoms with E-state index >= 15 is 0 Å². The quantitative estimate of drug-likeness (QED) is 0.637. The van der Waals surface area contributed by atoms with Gasteiger partial charge in [-0.25, -0.2) is 4.79 Å². The van der Waals surface area contributed by atoms with E-state index in [0.29, 0.717) is 6.61 Å². The van der Waals surface area contributed by atoms with Gasteiger partial charge in [0.25, 0.3) is 0 Å². The zero-order valence-corrected chi connectivity index (χ0v) is 12.0. The van der Waals surface area contributed by atoms with E-state index in [1.165, 1.54) is 0 Å². The van der Waals surface area contributed by atoms with Gasteiger partial charge in [0.15, 0.2) is 0 Å². The number of hydrogen-bond donors (Lipinski definition) is 0. The van der Waals surface area contributed by atoms with Crippen molar-refractivity contribution in [3.05, 3.63) is 71.8 Å². The fraction of sp³-hybridized carbons (Fsp3) is 0.0556. The van der Waals surface area contributed by atoms with Crippen LogP contribution in [0.5, 0.6) is 0 Å². The molecule has 102 valence electrons. The standard InChI is InChI=1S/C18H12O2S/c19-18-15-14(11-20-18)16(12-7-3-1-4-8-12)21-17(15)13-9-5-2-6-10-13/h1-10H,11H2. The predicted octanol–water partition coefficient (Wildman–Crippen LogP) is 4.75. The highest BCUT2D eigenvalue weighted by molar-refractivity contribution is 7.19. The van der Waals surface area contributed by atoms with Gasteiger partial charge in [-0.15, -0.1) is 11.3 Å². The van der Waals surface area contributed by atoms with Gasteiger partial charge in [0.1, 0.15) is 6.61 Å². The van der Waals surface area contributed by atoms with E-state index in [-0.39, 0.29) is 5.97 Å². The monoisotopic (exact) mass is 292 g/mol. The molecule has 0 saturated carbocycles. The molecule has 1 aliphatic rings. The van der Waals surface area contributed by atoms with Crippen LogP contribution in [0.15, 0.2) is 60.7 Å². The summed E-state index contributed by atoms with van der Waals surface area (Å²) >= 11 is 1.67. The molecular weight excluding hydrogens is 280 g/mol. The number of carbonyl (C=O) groups is 1. The molecule has 3 aromatic rings. The number of benzene rings is 2. The topological polar surface area (TPSA) is 26.3 Å². The first kappa shape index (κ1) is 12.4. The van der Waals surface area contributed by atoms with Crippen molar-refractivity contribution in [3.63, 3.8) is 0 Å². The van der Waals surface area contributed by atoms with Crippen molar-refractivity contribution >= 4 is 17.3 Å². The van der Waals surface area contributed by atoms with Gasteiger partial charge in [-0.3, -0.25) is 0 Å². The van der Waals surface area contributed by atoms with Crippen molar-refractivity contribution in [2.24, 2.45) is 0 Å². The number of esters is 1. The molecule has 0 bridgehead atoms. The third-order valence-electron chi connectivity index (χ3n) is 3.63. The molecule has 0 amide bonds. The maximum absolute atomic E-state index is 12.1. The third-order valence-corrected chi connectivity index (χ3v) is 4.96. The van der Waals surface area contributed by atoms with Gasteiger partial charge in [-0.1, -0.05) is 60.7 Å². The molecular formula is C18H12O2S. The van der Waals surface area contributed by atoms with Crippen LogP contribution < -0.4 is 0 Å². The Balaban J connectivity index is 1.96. The maximum Gasteiger partial charge on any atom is 0.340 e. The third kappa shape index (κ3) is 1.98. The Labute approximate surface area is 126 Å². The van der Waals surface area contributed by atoms with Crippen molar-refractivity contribution in [3.8, 4) is 20.9 Å². The molecule has 1 aliphatic heterocycles. The molecule has 0 aliphatic carbocycles. The van der Waals surface area contributed by atoms with Gasteiger partial charge >= 0.3 is 5.97 Å². The van der Waals surface area contributed by atoms with Crippen LogP contribution in [-0.2, 0) is 11.3 Å². The highest BCUT2D eigenvalue weighted by Gasteiger charge is 2.31. The zero-order valence-electron chi connectivity index (χ0n) is 11.2. The molecule has 1 aromatic heterocycles. The molecule has 0 N–H and O–H groups in total. The Bertz CT molecular complexity index is 804.